The van der Waals surface area contributed by atoms with Crippen LogP contribution in [-0.4, -0.2) is 20.9 Å². The molecule has 0 fully saturated rings. The summed E-state index contributed by atoms with van der Waals surface area (Å²) >= 11 is 1.40. The number of thiazole rings is 1. The fraction of sp³-hybridized carbons (Fsp3) is 0.125. The molecule has 7 heteroatoms. The molecular weight excluding hydrogens is 310 g/mol. The molecule has 0 radical (unpaired) electrons. The Hall–Kier alpha value is -2.80. The highest BCUT2D eigenvalue weighted by atomic mass is 32.1. The topological polar surface area (TPSA) is 93.8 Å². The summed E-state index contributed by atoms with van der Waals surface area (Å²) in [6.45, 7) is 3.75. The maximum atomic E-state index is 12.2. The molecule has 116 valence electrons. The van der Waals surface area contributed by atoms with E-state index in [-0.39, 0.29) is 11.9 Å². The highest BCUT2D eigenvalue weighted by molar-refractivity contribution is 7.13. The van der Waals surface area contributed by atoms with Crippen LogP contribution in [0.5, 0.6) is 0 Å². The van der Waals surface area contributed by atoms with Crippen molar-refractivity contribution in [2.45, 2.75) is 13.8 Å². The molecule has 3 rings (SSSR count). The summed E-state index contributed by atoms with van der Waals surface area (Å²) in [5.74, 6) is 0.0465. The summed E-state index contributed by atoms with van der Waals surface area (Å²) in [6, 6.07) is 9.02. The number of hydrogen-bond acceptors (Lipinski definition) is 6. The van der Waals surface area contributed by atoms with Gasteiger partial charge in [0, 0.05) is 22.2 Å². The Balaban J connectivity index is 1.80. The molecule has 0 aliphatic carbocycles. The predicted molar refractivity (Wildman–Crippen MR) is 91.4 cm³/mol. The van der Waals surface area contributed by atoms with Gasteiger partial charge < -0.3 is 5.73 Å². The highest BCUT2D eigenvalue weighted by Crippen LogP contribution is 2.20. The molecule has 3 aromatic rings. The number of nitrogens with one attached hydrogen (secondary N) is 1. The van der Waals surface area contributed by atoms with Crippen LogP contribution in [0.3, 0.4) is 0 Å². The molecule has 0 atom stereocenters. The van der Waals surface area contributed by atoms with Gasteiger partial charge in [0.05, 0.1) is 11.4 Å². The van der Waals surface area contributed by atoms with E-state index in [1.807, 2.05) is 37.4 Å². The molecule has 0 spiro atoms. The quantitative estimate of drug-likeness (QED) is 0.772. The van der Waals surface area contributed by atoms with Crippen LogP contribution in [-0.2, 0) is 0 Å². The van der Waals surface area contributed by atoms with Crippen molar-refractivity contribution in [1.82, 2.24) is 15.0 Å². The van der Waals surface area contributed by atoms with Crippen molar-refractivity contribution in [2.24, 2.45) is 0 Å². The van der Waals surface area contributed by atoms with Crippen LogP contribution < -0.4 is 11.1 Å². The summed E-state index contributed by atoms with van der Waals surface area (Å²) in [6.07, 6.45) is 0. The van der Waals surface area contributed by atoms with Crippen molar-refractivity contribution < 1.29 is 4.79 Å². The number of aromatic nitrogens is 3. The molecule has 1 amide bonds. The predicted octanol–water partition coefficient (Wildman–Crippen LogP) is 3.05. The molecule has 23 heavy (non-hydrogen) atoms. The number of aryl methyl sites for hydroxylation is 2. The first-order chi connectivity index (χ1) is 11.0. The van der Waals surface area contributed by atoms with Crippen LogP contribution in [0.1, 0.15) is 21.7 Å². The van der Waals surface area contributed by atoms with E-state index in [1.54, 1.807) is 12.1 Å². The second-order valence-electron chi connectivity index (χ2n) is 5.08. The third-order valence-electron chi connectivity index (χ3n) is 3.15. The smallest absolute Gasteiger partial charge is 0.257 e. The molecule has 6 nitrogen and oxygen atoms in total. The second kappa shape index (κ2) is 6.13. The molecule has 2 aromatic heterocycles. The van der Waals surface area contributed by atoms with Crippen molar-refractivity contribution >= 4 is 28.3 Å². The van der Waals surface area contributed by atoms with Gasteiger partial charge in [-0.25, -0.2) is 15.0 Å². The van der Waals surface area contributed by atoms with E-state index in [0.717, 1.165) is 22.6 Å². The summed E-state index contributed by atoms with van der Waals surface area (Å²) in [5, 5.41) is 5.26. The lowest BCUT2D eigenvalue weighted by Gasteiger charge is -2.05. The number of nitrogens with zero attached hydrogens (tertiary/aromatic N) is 3. The standard InChI is InChI=1S/C16H15N5OS/c1-9-7-13(20-15(17)18-9)11-3-5-12(6-4-11)14(22)21-16-19-10(2)8-23-16/h3-8H,1-2H3,(H2,17,18,20)(H,19,21,22). The van der Waals surface area contributed by atoms with Crippen molar-refractivity contribution in [3.63, 3.8) is 0 Å². The van der Waals surface area contributed by atoms with Gasteiger partial charge in [-0.1, -0.05) is 12.1 Å². The third-order valence-corrected chi connectivity index (χ3v) is 4.03. The lowest BCUT2D eigenvalue weighted by Crippen LogP contribution is -2.11. The minimum absolute atomic E-state index is 0.190. The van der Waals surface area contributed by atoms with Crippen molar-refractivity contribution in [3.8, 4) is 11.3 Å². The molecule has 0 unspecified atom stereocenters. The Morgan fingerprint density at radius 2 is 1.83 bits per heavy atom. The fourth-order valence-electron chi connectivity index (χ4n) is 2.11. The van der Waals surface area contributed by atoms with Crippen LogP contribution in [0.4, 0.5) is 11.1 Å². The van der Waals surface area contributed by atoms with Crippen LogP contribution in [0.15, 0.2) is 35.7 Å². The average Bonchev–Trinajstić information content (AvgIpc) is 2.91. The first kappa shape index (κ1) is 15.1. The Labute approximate surface area is 137 Å². The van der Waals surface area contributed by atoms with E-state index in [1.165, 1.54) is 11.3 Å². The number of nitrogen functional groups attached to an aromatic ring is 1. The number of carbonyl (C=O) groups excluding carboxylic acids is 1. The average molecular weight is 325 g/mol. The first-order valence-corrected chi connectivity index (χ1v) is 7.84. The molecule has 0 bridgehead atoms. The van der Waals surface area contributed by atoms with Crippen molar-refractivity contribution in [2.75, 3.05) is 11.1 Å². The van der Waals surface area contributed by atoms with Crippen molar-refractivity contribution in [1.29, 1.82) is 0 Å². The van der Waals surface area contributed by atoms with Gasteiger partial charge in [-0.05, 0) is 32.0 Å². The number of hydrogen-bond donors (Lipinski definition) is 2. The zero-order valence-corrected chi connectivity index (χ0v) is 13.5. The number of rotatable bonds is 3. The Morgan fingerprint density at radius 3 is 2.43 bits per heavy atom. The van der Waals surface area contributed by atoms with E-state index in [9.17, 15) is 4.79 Å². The van der Waals surface area contributed by atoms with Gasteiger partial charge in [0.15, 0.2) is 5.13 Å². The summed E-state index contributed by atoms with van der Waals surface area (Å²) < 4.78 is 0. The zero-order valence-electron chi connectivity index (χ0n) is 12.7. The zero-order chi connectivity index (χ0) is 16.4. The first-order valence-electron chi connectivity index (χ1n) is 6.96. The second-order valence-corrected chi connectivity index (χ2v) is 5.94. The summed E-state index contributed by atoms with van der Waals surface area (Å²) in [4.78, 5) is 24.7. The van der Waals surface area contributed by atoms with Gasteiger partial charge >= 0.3 is 0 Å². The SMILES string of the molecule is Cc1cc(-c2ccc(C(=O)Nc3nc(C)cs3)cc2)nc(N)n1. The fourth-order valence-corrected chi connectivity index (χ4v) is 2.80. The number of amides is 1. The third kappa shape index (κ3) is 3.51. The van der Waals surface area contributed by atoms with Gasteiger partial charge in [0.25, 0.3) is 5.91 Å². The Kier molecular flexibility index (Phi) is 4.03. The van der Waals surface area contributed by atoms with E-state index in [4.69, 9.17) is 5.73 Å². The lowest BCUT2D eigenvalue weighted by atomic mass is 10.1. The summed E-state index contributed by atoms with van der Waals surface area (Å²) in [7, 11) is 0. The molecule has 0 saturated heterocycles. The Bertz CT molecular complexity index is 837. The van der Waals surface area contributed by atoms with Crippen LogP contribution in [0.2, 0.25) is 0 Å². The molecule has 3 N–H and O–H groups in total. The minimum Gasteiger partial charge on any atom is -0.368 e. The number of carbonyl (C=O) groups is 1. The molecule has 0 aliphatic heterocycles. The molecule has 2 heterocycles. The monoisotopic (exact) mass is 325 g/mol. The molecular formula is C16H15N5OS. The highest BCUT2D eigenvalue weighted by Gasteiger charge is 2.09. The number of benzene rings is 1. The van der Waals surface area contributed by atoms with Crippen LogP contribution in [0, 0.1) is 13.8 Å². The van der Waals surface area contributed by atoms with E-state index < -0.39 is 0 Å². The minimum atomic E-state index is -0.190. The van der Waals surface area contributed by atoms with Crippen molar-refractivity contribution in [3.05, 3.63) is 52.7 Å². The van der Waals surface area contributed by atoms with Crippen LogP contribution >= 0.6 is 11.3 Å². The Morgan fingerprint density at radius 1 is 1.09 bits per heavy atom. The maximum absolute atomic E-state index is 12.2. The van der Waals surface area contributed by atoms with Gasteiger partial charge in [-0.2, -0.15) is 0 Å². The number of nitrogens with two attached hydrogens (primary N) is 1. The normalized spacial score (nSPS) is 10.5. The molecule has 1 aromatic carbocycles. The van der Waals surface area contributed by atoms with E-state index in [0.29, 0.717) is 10.7 Å². The molecule has 0 saturated carbocycles. The maximum Gasteiger partial charge on any atom is 0.257 e. The largest absolute Gasteiger partial charge is 0.368 e. The van der Waals surface area contributed by atoms with Gasteiger partial charge in [0.1, 0.15) is 0 Å². The van der Waals surface area contributed by atoms with E-state index in [2.05, 4.69) is 20.3 Å². The molecule has 0 aliphatic rings. The lowest BCUT2D eigenvalue weighted by molar-refractivity contribution is 0.102. The van der Waals surface area contributed by atoms with E-state index >= 15 is 0 Å². The van der Waals surface area contributed by atoms with Crippen LogP contribution in [0.25, 0.3) is 11.3 Å². The van der Waals surface area contributed by atoms with Gasteiger partial charge in [-0.15, -0.1) is 11.3 Å². The van der Waals surface area contributed by atoms with Gasteiger partial charge in [0.2, 0.25) is 5.95 Å². The number of anilines is 2. The van der Waals surface area contributed by atoms with Gasteiger partial charge in [-0.3, -0.25) is 10.1 Å². The summed E-state index contributed by atoms with van der Waals surface area (Å²) in [5.41, 5.74) is 9.52.